The van der Waals surface area contributed by atoms with Gasteiger partial charge in [-0.2, -0.15) is 0 Å². The summed E-state index contributed by atoms with van der Waals surface area (Å²) in [5.74, 6) is -0.699. The topological polar surface area (TPSA) is 51.2 Å². The van der Waals surface area contributed by atoms with E-state index in [2.05, 4.69) is 15.0 Å². The van der Waals surface area contributed by atoms with Crippen molar-refractivity contribution in [3.8, 4) is 0 Å². The number of carbonyl (C=O) groups excluding carboxylic acids is 1. The molecule has 0 fully saturated rings. The van der Waals surface area contributed by atoms with E-state index in [4.69, 9.17) is 0 Å². The molecular weight excluding hydrogens is 223 g/mol. The number of methoxy groups -OCH3 is 1. The van der Waals surface area contributed by atoms with Crippen LogP contribution in [0.5, 0.6) is 0 Å². The first-order valence-corrected chi connectivity index (χ1v) is 5.53. The van der Waals surface area contributed by atoms with Crippen LogP contribution in [-0.2, 0) is 9.53 Å². The fourth-order valence-electron chi connectivity index (χ4n) is 1.55. The van der Waals surface area contributed by atoms with E-state index in [1.807, 2.05) is 6.92 Å². The number of rotatable bonds is 5. The molecule has 1 N–H and O–H groups in total. The SMILES string of the molecule is CCC(NC(C)C(=O)OC)c1ccc(F)cn1. The molecule has 0 aliphatic rings. The van der Waals surface area contributed by atoms with Crippen LogP contribution in [0.15, 0.2) is 18.3 Å². The van der Waals surface area contributed by atoms with Crippen molar-refractivity contribution >= 4 is 5.97 Å². The Morgan fingerprint density at radius 3 is 2.76 bits per heavy atom. The van der Waals surface area contributed by atoms with E-state index in [1.54, 1.807) is 13.0 Å². The smallest absolute Gasteiger partial charge is 0.322 e. The van der Waals surface area contributed by atoms with Crippen molar-refractivity contribution in [1.29, 1.82) is 0 Å². The monoisotopic (exact) mass is 240 g/mol. The van der Waals surface area contributed by atoms with Crippen molar-refractivity contribution in [2.75, 3.05) is 7.11 Å². The number of nitrogens with zero attached hydrogens (tertiary/aromatic N) is 1. The molecule has 2 unspecified atom stereocenters. The molecule has 1 heterocycles. The fourth-order valence-corrected chi connectivity index (χ4v) is 1.55. The molecule has 0 radical (unpaired) electrons. The Kier molecular flexibility index (Phi) is 5.03. The molecule has 1 aromatic rings. The molecule has 4 nitrogen and oxygen atoms in total. The Morgan fingerprint density at radius 1 is 1.59 bits per heavy atom. The average molecular weight is 240 g/mol. The van der Waals surface area contributed by atoms with E-state index in [0.717, 1.165) is 6.42 Å². The number of halogens is 1. The zero-order valence-electron chi connectivity index (χ0n) is 10.2. The van der Waals surface area contributed by atoms with Crippen LogP contribution in [0.1, 0.15) is 32.0 Å². The first-order chi connectivity index (χ1) is 8.08. The summed E-state index contributed by atoms with van der Waals surface area (Å²) in [4.78, 5) is 15.3. The molecule has 5 heteroatoms. The van der Waals surface area contributed by atoms with E-state index in [1.165, 1.54) is 19.4 Å². The van der Waals surface area contributed by atoms with Gasteiger partial charge in [-0.15, -0.1) is 0 Å². The molecule has 17 heavy (non-hydrogen) atoms. The van der Waals surface area contributed by atoms with Crippen LogP contribution in [0.25, 0.3) is 0 Å². The highest BCUT2D eigenvalue weighted by Gasteiger charge is 2.19. The Balaban J connectivity index is 2.71. The van der Waals surface area contributed by atoms with E-state index < -0.39 is 6.04 Å². The number of carbonyl (C=O) groups is 1. The lowest BCUT2D eigenvalue weighted by molar-refractivity contribution is -0.142. The van der Waals surface area contributed by atoms with Gasteiger partial charge in [0.05, 0.1) is 19.0 Å². The lowest BCUT2D eigenvalue weighted by atomic mass is 10.1. The minimum atomic E-state index is -0.420. The molecular formula is C12H17FN2O2. The van der Waals surface area contributed by atoms with Gasteiger partial charge < -0.3 is 4.74 Å². The second kappa shape index (κ2) is 6.30. The molecule has 0 saturated carbocycles. The predicted octanol–water partition coefficient (Wildman–Crippen LogP) is 1.82. The molecule has 0 aromatic carbocycles. The van der Waals surface area contributed by atoms with Gasteiger partial charge in [-0.25, -0.2) is 4.39 Å². The molecule has 2 atom stereocenters. The number of hydrogen-bond acceptors (Lipinski definition) is 4. The molecule has 1 rings (SSSR count). The first kappa shape index (κ1) is 13.6. The third kappa shape index (κ3) is 3.78. The maximum atomic E-state index is 12.7. The van der Waals surface area contributed by atoms with Crippen molar-refractivity contribution in [3.63, 3.8) is 0 Å². The maximum absolute atomic E-state index is 12.7. The molecule has 94 valence electrons. The Bertz CT molecular complexity index is 367. The second-order valence-corrected chi connectivity index (χ2v) is 3.77. The summed E-state index contributed by atoms with van der Waals surface area (Å²) in [6.45, 7) is 3.69. The highest BCUT2D eigenvalue weighted by Crippen LogP contribution is 2.15. The third-order valence-corrected chi connectivity index (χ3v) is 2.52. The van der Waals surface area contributed by atoms with Crippen LogP contribution in [0, 0.1) is 5.82 Å². The molecule has 0 bridgehead atoms. The standard InChI is InChI=1S/C12H17FN2O2/c1-4-10(15-8(2)12(16)17-3)11-6-5-9(13)7-14-11/h5-8,10,15H,4H2,1-3H3. The van der Waals surface area contributed by atoms with Gasteiger partial charge in [-0.05, 0) is 25.5 Å². The summed E-state index contributed by atoms with van der Waals surface area (Å²) >= 11 is 0. The summed E-state index contributed by atoms with van der Waals surface area (Å²) in [6, 6.07) is 2.46. The number of esters is 1. The van der Waals surface area contributed by atoms with Crippen LogP contribution in [0.2, 0.25) is 0 Å². The van der Waals surface area contributed by atoms with E-state index >= 15 is 0 Å². The van der Waals surface area contributed by atoms with Gasteiger partial charge in [0.2, 0.25) is 0 Å². The van der Waals surface area contributed by atoms with Crippen molar-refractivity contribution in [2.24, 2.45) is 0 Å². The summed E-state index contributed by atoms with van der Waals surface area (Å²) in [6.07, 6.45) is 1.92. The number of pyridine rings is 1. The quantitative estimate of drug-likeness (QED) is 0.798. The number of hydrogen-bond donors (Lipinski definition) is 1. The third-order valence-electron chi connectivity index (χ3n) is 2.52. The van der Waals surface area contributed by atoms with Crippen molar-refractivity contribution in [1.82, 2.24) is 10.3 Å². The average Bonchev–Trinajstić information content (AvgIpc) is 2.35. The summed E-state index contributed by atoms with van der Waals surface area (Å²) in [5.41, 5.74) is 0.713. The van der Waals surface area contributed by atoms with Crippen molar-refractivity contribution < 1.29 is 13.9 Å². The van der Waals surface area contributed by atoms with Gasteiger partial charge in [-0.3, -0.25) is 15.1 Å². The summed E-state index contributed by atoms with van der Waals surface area (Å²) in [7, 11) is 1.34. The van der Waals surface area contributed by atoms with Crippen molar-refractivity contribution in [3.05, 3.63) is 29.8 Å². The second-order valence-electron chi connectivity index (χ2n) is 3.77. The molecule has 0 saturated heterocycles. The van der Waals surface area contributed by atoms with Gasteiger partial charge in [-0.1, -0.05) is 6.92 Å². The normalized spacial score (nSPS) is 14.1. The Morgan fingerprint density at radius 2 is 2.29 bits per heavy atom. The van der Waals surface area contributed by atoms with Gasteiger partial charge in [0.15, 0.2) is 0 Å². The lowest BCUT2D eigenvalue weighted by Gasteiger charge is -2.20. The van der Waals surface area contributed by atoms with Crippen LogP contribution >= 0.6 is 0 Å². The van der Waals surface area contributed by atoms with Crippen LogP contribution in [0.3, 0.4) is 0 Å². The Hall–Kier alpha value is -1.49. The van der Waals surface area contributed by atoms with E-state index in [0.29, 0.717) is 5.69 Å². The molecule has 1 aromatic heterocycles. The highest BCUT2D eigenvalue weighted by molar-refractivity contribution is 5.75. The van der Waals surface area contributed by atoms with Crippen LogP contribution in [-0.4, -0.2) is 24.1 Å². The largest absolute Gasteiger partial charge is 0.468 e. The maximum Gasteiger partial charge on any atom is 0.322 e. The zero-order valence-corrected chi connectivity index (χ0v) is 10.2. The predicted molar refractivity (Wildman–Crippen MR) is 61.8 cm³/mol. The van der Waals surface area contributed by atoms with E-state index in [-0.39, 0.29) is 17.8 Å². The van der Waals surface area contributed by atoms with Gasteiger partial charge in [0.1, 0.15) is 11.9 Å². The minimum Gasteiger partial charge on any atom is -0.468 e. The molecule has 0 aliphatic heterocycles. The summed E-state index contributed by atoms with van der Waals surface area (Å²) < 4.78 is 17.4. The fraction of sp³-hybridized carbons (Fsp3) is 0.500. The molecule has 0 aliphatic carbocycles. The zero-order chi connectivity index (χ0) is 12.8. The van der Waals surface area contributed by atoms with Crippen molar-refractivity contribution in [2.45, 2.75) is 32.4 Å². The van der Waals surface area contributed by atoms with Crippen LogP contribution < -0.4 is 5.32 Å². The van der Waals surface area contributed by atoms with E-state index in [9.17, 15) is 9.18 Å². The Labute approximate surface area is 100 Å². The van der Waals surface area contributed by atoms with Gasteiger partial charge in [0, 0.05) is 6.04 Å². The minimum absolute atomic E-state index is 0.0929. The van der Waals surface area contributed by atoms with Gasteiger partial charge >= 0.3 is 5.97 Å². The number of aromatic nitrogens is 1. The molecule has 0 amide bonds. The van der Waals surface area contributed by atoms with Crippen LogP contribution in [0.4, 0.5) is 4.39 Å². The highest BCUT2D eigenvalue weighted by atomic mass is 19.1. The number of ether oxygens (including phenoxy) is 1. The summed E-state index contributed by atoms with van der Waals surface area (Å²) in [5, 5.41) is 3.09. The van der Waals surface area contributed by atoms with Gasteiger partial charge in [0.25, 0.3) is 0 Å². The first-order valence-electron chi connectivity index (χ1n) is 5.53. The molecule has 0 spiro atoms. The number of nitrogens with one attached hydrogen (secondary N) is 1. The lowest BCUT2D eigenvalue weighted by Crippen LogP contribution is -2.37.